The smallest absolute Gasteiger partial charge is 0.269 e. The van der Waals surface area contributed by atoms with E-state index in [1.54, 1.807) is 18.2 Å². The minimum Gasteiger partial charge on any atom is -0.292 e. The van der Waals surface area contributed by atoms with Crippen LogP contribution in [-0.2, 0) is 9.84 Å². The lowest BCUT2D eigenvalue weighted by molar-refractivity contribution is -0.384. The molecule has 1 saturated carbocycles. The Balaban J connectivity index is 1.76. The molecule has 0 saturated heterocycles. The van der Waals surface area contributed by atoms with E-state index in [0.29, 0.717) is 0 Å². The van der Waals surface area contributed by atoms with Crippen LogP contribution < -0.4 is 0 Å². The molecule has 4 aromatic rings. The van der Waals surface area contributed by atoms with Crippen molar-refractivity contribution in [2.45, 2.75) is 21.5 Å². The van der Waals surface area contributed by atoms with Gasteiger partial charge >= 0.3 is 0 Å². The van der Waals surface area contributed by atoms with Gasteiger partial charge in [0.1, 0.15) is 0 Å². The Morgan fingerprint density at radius 2 is 1.11 bits per heavy atom. The summed E-state index contributed by atoms with van der Waals surface area (Å²) in [6.07, 6.45) is 0. The molecule has 174 valence electrons. The summed E-state index contributed by atoms with van der Waals surface area (Å²) in [6, 6.07) is 31.5. The normalized spacial score (nSPS) is 21.3. The summed E-state index contributed by atoms with van der Waals surface area (Å²) in [5.74, 6) is -1.82. The number of carbonyl (C=O) groups is 1. The predicted molar refractivity (Wildman–Crippen MR) is 132 cm³/mol. The monoisotopic (exact) mass is 483 g/mol. The highest BCUT2D eigenvalue weighted by Gasteiger charge is 2.77. The van der Waals surface area contributed by atoms with Crippen LogP contribution in [0.25, 0.3) is 0 Å². The topological polar surface area (TPSA) is 94.3 Å². The Labute approximate surface area is 202 Å². The lowest BCUT2D eigenvalue weighted by atomic mass is 10.0. The fourth-order valence-corrected chi connectivity index (χ4v) is 7.47. The number of nitro benzene ring substituents is 1. The molecule has 4 aromatic carbocycles. The Morgan fingerprint density at radius 3 is 1.54 bits per heavy atom. The van der Waals surface area contributed by atoms with Crippen LogP contribution in [-0.4, -0.2) is 23.9 Å². The molecular formula is C28H21NO5S. The third kappa shape index (κ3) is 3.56. The molecular weight excluding hydrogens is 462 g/mol. The molecule has 0 aliphatic heterocycles. The van der Waals surface area contributed by atoms with Crippen LogP contribution in [0.3, 0.4) is 0 Å². The number of hydrogen-bond donors (Lipinski definition) is 0. The molecule has 0 spiro atoms. The molecule has 2 atom stereocenters. The summed E-state index contributed by atoms with van der Waals surface area (Å²) in [6.45, 7) is 0. The molecule has 0 radical (unpaired) electrons. The number of non-ortho nitro benzene ring substituents is 1. The summed E-state index contributed by atoms with van der Waals surface area (Å²) in [4.78, 5) is 24.9. The zero-order valence-electron chi connectivity index (χ0n) is 18.5. The average Bonchev–Trinajstić information content (AvgIpc) is 3.62. The Kier molecular flexibility index (Phi) is 5.57. The fraction of sp³-hybridized carbons (Fsp3) is 0.107. The highest BCUT2D eigenvalue weighted by molar-refractivity contribution is 7.94. The van der Waals surface area contributed by atoms with Crippen molar-refractivity contribution in [3.63, 3.8) is 0 Å². The van der Waals surface area contributed by atoms with Crippen molar-refractivity contribution in [2.24, 2.45) is 0 Å². The maximum absolute atomic E-state index is 14.3. The number of hydrogen-bond acceptors (Lipinski definition) is 5. The van der Waals surface area contributed by atoms with Crippen molar-refractivity contribution in [2.75, 3.05) is 0 Å². The molecule has 6 nitrogen and oxygen atoms in total. The van der Waals surface area contributed by atoms with Gasteiger partial charge in [-0.1, -0.05) is 78.9 Å². The molecule has 1 aliphatic rings. The molecule has 1 fully saturated rings. The largest absolute Gasteiger partial charge is 0.292 e. The molecule has 1 aliphatic carbocycles. The van der Waals surface area contributed by atoms with E-state index in [2.05, 4.69) is 0 Å². The third-order valence-electron chi connectivity index (χ3n) is 6.66. The first kappa shape index (κ1) is 22.7. The first-order valence-corrected chi connectivity index (χ1v) is 12.6. The van der Waals surface area contributed by atoms with Crippen LogP contribution in [0.15, 0.2) is 120 Å². The molecule has 0 unspecified atom stereocenters. The number of rotatable bonds is 7. The molecule has 0 amide bonds. The average molecular weight is 484 g/mol. The quantitative estimate of drug-likeness (QED) is 0.195. The second kappa shape index (κ2) is 8.60. The fourth-order valence-electron chi connectivity index (χ4n) is 5.06. The Morgan fingerprint density at radius 1 is 0.686 bits per heavy atom. The summed E-state index contributed by atoms with van der Waals surface area (Å²) in [5, 5.41) is 11.1. The van der Waals surface area contributed by atoms with E-state index in [1.807, 2.05) is 60.7 Å². The molecule has 0 N–H and O–H groups in total. The van der Waals surface area contributed by atoms with Gasteiger partial charge < -0.3 is 0 Å². The number of nitrogens with zero attached hydrogens (tertiary/aromatic N) is 1. The van der Waals surface area contributed by atoms with Gasteiger partial charge in [-0.15, -0.1) is 0 Å². The number of benzene rings is 4. The van der Waals surface area contributed by atoms with Crippen molar-refractivity contribution in [3.8, 4) is 0 Å². The van der Waals surface area contributed by atoms with Gasteiger partial charge in [0.15, 0.2) is 20.4 Å². The maximum Gasteiger partial charge on any atom is 0.269 e. The van der Waals surface area contributed by atoms with E-state index in [0.717, 1.165) is 11.1 Å². The number of sulfone groups is 1. The zero-order valence-corrected chi connectivity index (χ0v) is 19.3. The second-order valence-corrected chi connectivity index (χ2v) is 10.7. The van der Waals surface area contributed by atoms with Crippen molar-refractivity contribution in [1.82, 2.24) is 0 Å². The molecule has 0 aromatic heterocycles. The second-order valence-electron chi connectivity index (χ2n) is 8.52. The molecule has 0 heterocycles. The lowest BCUT2D eigenvalue weighted by Gasteiger charge is -2.19. The van der Waals surface area contributed by atoms with Crippen molar-refractivity contribution >= 4 is 21.3 Å². The van der Waals surface area contributed by atoms with E-state index in [9.17, 15) is 23.3 Å². The van der Waals surface area contributed by atoms with Gasteiger partial charge in [0.25, 0.3) is 5.69 Å². The Hall–Kier alpha value is -4.10. The number of Topliss-reactive ketones (excluding diaryl/α,β-unsaturated/α-hetero) is 1. The van der Waals surface area contributed by atoms with Crippen LogP contribution >= 0.6 is 0 Å². The molecule has 0 bridgehead atoms. The van der Waals surface area contributed by atoms with E-state index < -0.39 is 37.1 Å². The molecule has 5 rings (SSSR count). The predicted octanol–water partition coefficient (Wildman–Crippen LogP) is 5.57. The summed E-state index contributed by atoms with van der Waals surface area (Å²) >= 11 is 0. The summed E-state index contributed by atoms with van der Waals surface area (Å²) in [5.41, 5.74) is 1.44. The van der Waals surface area contributed by atoms with Gasteiger partial charge in [-0.3, -0.25) is 14.9 Å². The third-order valence-corrected chi connectivity index (χ3v) is 9.13. The van der Waals surface area contributed by atoms with Crippen LogP contribution in [0.2, 0.25) is 0 Å². The molecule has 7 heteroatoms. The minimum absolute atomic E-state index is 0.0645. The van der Waals surface area contributed by atoms with Crippen molar-refractivity contribution in [3.05, 3.63) is 142 Å². The van der Waals surface area contributed by atoms with Crippen molar-refractivity contribution in [1.29, 1.82) is 0 Å². The maximum atomic E-state index is 14.3. The zero-order chi connectivity index (χ0) is 24.6. The van der Waals surface area contributed by atoms with Crippen LogP contribution in [0.1, 0.15) is 33.3 Å². The van der Waals surface area contributed by atoms with E-state index in [4.69, 9.17) is 0 Å². The van der Waals surface area contributed by atoms with E-state index in [1.165, 1.54) is 36.4 Å². The highest BCUT2D eigenvalue weighted by Crippen LogP contribution is 2.70. The minimum atomic E-state index is -4.18. The standard InChI is InChI=1S/C28H21NO5S/c30-27(22-16-18-23(19-17-22)29(31)32)28(35(33,34)24-14-8-3-9-15-24)25(20-10-4-1-5-11-20)26(28)21-12-6-2-7-13-21/h1-19,25-26H/t25-,26-/m1/s1. The van der Waals surface area contributed by atoms with E-state index >= 15 is 0 Å². The number of ketones is 1. The first-order chi connectivity index (χ1) is 16.9. The van der Waals surface area contributed by atoms with Gasteiger partial charge in [-0.05, 0) is 35.4 Å². The lowest BCUT2D eigenvalue weighted by Crippen LogP contribution is -2.36. The van der Waals surface area contributed by atoms with Gasteiger partial charge in [0.2, 0.25) is 0 Å². The van der Waals surface area contributed by atoms with Gasteiger partial charge in [0, 0.05) is 29.5 Å². The van der Waals surface area contributed by atoms with Crippen LogP contribution in [0.5, 0.6) is 0 Å². The SMILES string of the molecule is O=C(c1ccc([N+](=O)[O-])cc1)C1(S(=O)(=O)c2ccccc2)[C@H](c2ccccc2)[C@H]1c1ccccc1. The first-order valence-electron chi connectivity index (χ1n) is 11.1. The summed E-state index contributed by atoms with van der Waals surface area (Å²) in [7, 11) is -4.18. The molecule has 35 heavy (non-hydrogen) atoms. The summed E-state index contributed by atoms with van der Waals surface area (Å²) < 4.78 is 26.9. The van der Waals surface area contributed by atoms with Crippen LogP contribution in [0, 0.1) is 10.1 Å². The number of nitro groups is 1. The van der Waals surface area contributed by atoms with Gasteiger partial charge in [-0.25, -0.2) is 8.42 Å². The van der Waals surface area contributed by atoms with Gasteiger partial charge in [-0.2, -0.15) is 0 Å². The highest BCUT2D eigenvalue weighted by atomic mass is 32.2. The Bertz CT molecular complexity index is 1440. The van der Waals surface area contributed by atoms with Gasteiger partial charge in [0.05, 0.1) is 9.82 Å². The van der Waals surface area contributed by atoms with Crippen molar-refractivity contribution < 1.29 is 18.1 Å². The van der Waals surface area contributed by atoms with Crippen LogP contribution in [0.4, 0.5) is 5.69 Å². The number of carbonyl (C=O) groups excluding carboxylic acids is 1. The van der Waals surface area contributed by atoms with E-state index in [-0.39, 0.29) is 16.1 Å².